The molecular weight excluding hydrogens is 326 g/mol. The molecule has 0 amide bonds. The third-order valence-corrected chi connectivity index (χ3v) is 4.58. The summed E-state index contributed by atoms with van der Waals surface area (Å²) >= 11 is 6.36. The number of methoxy groups -OCH3 is 1. The van der Waals surface area contributed by atoms with Crippen LogP contribution in [0.15, 0.2) is 48.5 Å². The fourth-order valence-electron chi connectivity index (χ4n) is 3.07. The first kappa shape index (κ1) is 14.8. The van der Waals surface area contributed by atoms with Gasteiger partial charge in [-0.05, 0) is 24.3 Å². The summed E-state index contributed by atoms with van der Waals surface area (Å²) in [6.07, 6.45) is 0. The number of nitrogens with zero attached hydrogens (tertiary/aromatic N) is 1. The third kappa shape index (κ3) is 2.11. The van der Waals surface area contributed by atoms with Crippen LogP contribution in [0.4, 0.5) is 0 Å². The van der Waals surface area contributed by atoms with Gasteiger partial charge in [0.25, 0.3) is 0 Å². The lowest BCUT2D eigenvalue weighted by atomic mass is 9.98. The van der Waals surface area contributed by atoms with Gasteiger partial charge in [-0.25, -0.2) is 0 Å². The van der Waals surface area contributed by atoms with Gasteiger partial charge in [0, 0.05) is 16.5 Å². The number of Topliss-reactive ketones (excluding diaryl/α,β-unsaturated/α-hetero) is 2. The Balaban J connectivity index is 1.86. The summed E-state index contributed by atoms with van der Waals surface area (Å²) in [5, 5.41) is 1.15. The van der Waals surface area contributed by atoms with E-state index in [1.54, 1.807) is 55.6 Å². The number of benzene rings is 2. The van der Waals surface area contributed by atoms with E-state index < -0.39 is 5.92 Å². The van der Waals surface area contributed by atoms with Gasteiger partial charge in [-0.1, -0.05) is 35.9 Å². The molecule has 0 unspecified atom stereocenters. The van der Waals surface area contributed by atoms with Crippen molar-refractivity contribution in [2.24, 2.45) is 0 Å². The monoisotopic (exact) mass is 337 g/mol. The highest BCUT2D eigenvalue weighted by molar-refractivity contribution is 6.36. The van der Waals surface area contributed by atoms with Crippen LogP contribution in [0.5, 0.6) is 5.75 Å². The molecule has 3 aromatic rings. The van der Waals surface area contributed by atoms with E-state index in [-0.39, 0.29) is 11.6 Å². The number of rotatable bonds is 2. The van der Waals surface area contributed by atoms with Gasteiger partial charge in [-0.15, -0.1) is 0 Å². The number of fused-ring (bicyclic) bond motifs is 2. The summed E-state index contributed by atoms with van der Waals surface area (Å²) in [6.45, 7) is 0. The van der Waals surface area contributed by atoms with E-state index in [2.05, 4.69) is 4.98 Å². The van der Waals surface area contributed by atoms with Crippen LogP contribution in [0.2, 0.25) is 5.02 Å². The average molecular weight is 338 g/mol. The van der Waals surface area contributed by atoms with Crippen molar-refractivity contribution in [3.8, 4) is 5.75 Å². The molecular formula is C19H12ClNO3. The Bertz CT molecular complexity index is 978. The lowest BCUT2D eigenvalue weighted by Gasteiger charge is -2.10. The maximum absolute atomic E-state index is 12.6. The second-order valence-corrected chi connectivity index (χ2v) is 6.03. The molecule has 0 fully saturated rings. The molecule has 0 saturated carbocycles. The van der Waals surface area contributed by atoms with Crippen LogP contribution in [0.3, 0.4) is 0 Å². The van der Waals surface area contributed by atoms with Gasteiger partial charge in [0.1, 0.15) is 11.7 Å². The summed E-state index contributed by atoms with van der Waals surface area (Å²) in [6, 6.07) is 13.7. The van der Waals surface area contributed by atoms with E-state index in [0.29, 0.717) is 33.1 Å². The fourth-order valence-corrected chi connectivity index (χ4v) is 3.33. The molecule has 2 aromatic carbocycles. The average Bonchev–Trinajstić information content (AvgIpc) is 2.86. The summed E-state index contributed by atoms with van der Waals surface area (Å²) in [7, 11) is 1.57. The number of aromatic nitrogens is 1. The minimum atomic E-state index is -0.925. The number of ether oxygens (including phenoxy) is 1. The molecule has 0 spiro atoms. The Morgan fingerprint density at radius 3 is 2.29 bits per heavy atom. The number of carbonyl (C=O) groups excluding carboxylic acids is 2. The minimum Gasteiger partial charge on any atom is -0.497 e. The van der Waals surface area contributed by atoms with Crippen LogP contribution in [-0.2, 0) is 0 Å². The summed E-state index contributed by atoms with van der Waals surface area (Å²) < 4.78 is 5.19. The van der Waals surface area contributed by atoms with Crippen molar-refractivity contribution >= 4 is 34.1 Å². The first-order valence-corrected chi connectivity index (χ1v) is 7.79. The SMILES string of the molecule is COc1ccc2nc(C3C(=O)c4ccccc4C3=O)cc(Cl)c2c1. The molecule has 0 bridgehead atoms. The molecule has 1 aliphatic rings. The van der Waals surface area contributed by atoms with Gasteiger partial charge in [-0.2, -0.15) is 0 Å². The van der Waals surface area contributed by atoms with Gasteiger partial charge in [-0.3, -0.25) is 14.6 Å². The summed E-state index contributed by atoms with van der Waals surface area (Å²) in [5.74, 6) is -0.718. The Morgan fingerprint density at radius 2 is 1.67 bits per heavy atom. The van der Waals surface area contributed by atoms with Gasteiger partial charge < -0.3 is 4.74 Å². The van der Waals surface area contributed by atoms with Crippen LogP contribution in [0, 0.1) is 0 Å². The van der Waals surface area contributed by atoms with E-state index in [1.165, 1.54) is 0 Å². The van der Waals surface area contributed by atoms with Gasteiger partial charge in [0.15, 0.2) is 11.6 Å². The van der Waals surface area contributed by atoms with Crippen molar-refractivity contribution < 1.29 is 14.3 Å². The molecule has 24 heavy (non-hydrogen) atoms. The molecule has 0 radical (unpaired) electrons. The van der Waals surface area contributed by atoms with Crippen molar-refractivity contribution in [2.75, 3.05) is 7.11 Å². The van der Waals surface area contributed by atoms with Crippen LogP contribution in [-0.4, -0.2) is 23.7 Å². The lowest BCUT2D eigenvalue weighted by Crippen LogP contribution is -2.14. The van der Waals surface area contributed by atoms with Crippen molar-refractivity contribution in [3.05, 3.63) is 70.4 Å². The Kier molecular flexibility index (Phi) is 3.36. The van der Waals surface area contributed by atoms with Crippen molar-refractivity contribution in [2.45, 2.75) is 5.92 Å². The Hall–Kier alpha value is -2.72. The zero-order valence-electron chi connectivity index (χ0n) is 12.7. The highest BCUT2D eigenvalue weighted by atomic mass is 35.5. The van der Waals surface area contributed by atoms with E-state index in [9.17, 15) is 9.59 Å². The largest absolute Gasteiger partial charge is 0.497 e. The minimum absolute atomic E-state index is 0.230. The van der Waals surface area contributed by atoms with Gasteiger partial charge in [0.05, 0.1) is 23.3 Å². The molecule has 4 nitrogen and oxygen atoms in total. The number of hydrogen-bond acceptors (Lipinski definition) is 4. The molecule has 118 valence electrons. The number of ketones is 2. The standard InChI is InChI=1S/C19H12ClNO3/c1-24-10-6-7-15-13(8-10)14(20)9-16(21-15)17-18(22)11-4-2-3-5-12(11)19(17)23/h2-9,17H,1H3. The van der Waals surface area contributed by atoms with Crippen molar-refractivity contribution in [3.63, 3.8) is 0 Å². The summed E-state index contributed by atoms with van der Waals surface area (Å²) in [4.78, 5) is 29.8. The normalized spacial score (nSPS) is 14.2. The number of halogens is 1. The zero-order chi connectivity index (χ0) is 16.8. The lowest BCUT2D eigenvalue weighted by molar-refractivity contribution is 0.0888. The molecule has 4 rings (SSSR count). The maximum Gasteiger partial charge on any atom is 0.180 e. The molecule has 0 saturated heterocycles. The van der Waals surface area contributed by atoms with Crippen molar-refractivity contribution in [1.82, 2.24) is 4.98 Å². The Labute approximate surface area is 143 Å². The molecule has 1 heterocycles. The van der Waals surface area contributed by atoms with Gasteiger partial charge >= 0.3 is 0 Å². The van der Waals surface area contributed by atoms with Crippen LogP contribution < -0.4 is 4.74 Å². The van der Waals surface area contributed by atoms with Crippen LogP contribution >= 0.6 is 11.6 Å². The molecule has 0 aliphatic heterocycles. The quantitative estimate of drug-likeness (QED) is 0.662. The highest BCUT2D eigenvalue weighted by Gasteiger charge is 2.40. The molecule has 0 atom stereocenters. The van der Waals surface area contributed by atoms with E-state index in [0.717, 1.165) is 5.39 Å². The van der Waals surface area contributed by atoms with Gasteiger partial charge in [0.2, 0.25) is 0 Å². The zero-order valence-corrected chi connectivity index (χ0v) is 13.5. The number of hydrogen-bond donors (Lipinski definition) is 0. The van der Waals surface area contributed by atoms with Crippen molar-refractivity contribution in [1.29, 1.82) is 0 Å². The van der Waals surface area contributed by atoms with Crippen LogP contribution in [0.25, 0.3) is 10.9 Å². The topological polar surface area (TPSA) is 56.3 Å². The maximum atomic E-state index is 12.6. The van der Waals surface area contributed by atoms with E-state index >= 15 is 0 Å². The molecule has 5 heteroatoms. The first-order valence-electron chi connectivity index (χ1n) is 7.42. The predicted octanol–water partition coefficient (Wildman–Crippen LogP) is 4.06. The molecule has 1 aliphatic carbocycles. The van der Waals surface area contributed by atoms with E-state index in [4.69, 9.17) is 16.3 Å². The molecule has 1 aromatic heterocycles. The second kappa shape index (κ2) is 5.42. The third-order valence-electron chi connectivity index (χ3n) is 4.26. The number of carbonyl (C=O) groups is 2. The van der Waals surface area contributed by atoms with Crippen LogP contribution in [0.1, 0.15) is 32.3 Å². The second-order valence-electron chi connectivity index (χ2n) is 5.62. The van der Waals surface area contributed by atoms with E-state index in [1.807, 2.05) is 0 Å². The fraction of sp³-hybridized carbons (Fsp3) is 0.105. The highest BCUT2D eigenvalue weighted by Crippen LogP contribution is 2.36. The smallest absolute Gasteiger partial charge is 0.180 e. The number of pyridine rings is 1. The predicted molar refractivity (Wildman–Crippen MR) is 91.1 cm³/mol. The molecule has 0 N–H and O–H groups in total. The first-order chi connectivity index (χ1) is 11.6. The Morgan fingerprint density at radius 1 is 1.00 bits per heavy atom. The summed E-state index contributed by atoms with van der Waals surface area (Å²) in [5.41, 5.74) is 1.89.